The largest absolute Gasteiger partial charge is 0.296 e. The van der Waals surface area contributed by atoms with Gasteiger partial charge in [0.05, 0.1) is 0 Å². The van der Waals surface area contributed by atoms with E-state index in [1.54, 1.807) is 12.1 Å². The van der Waals surface area contributed by atoms with E-state index in [9.17, 15) is 9.18 Å². The molecule has 1 fully saturated rings. The van der Waals surface area contributed by atoms with Crippen LogP contribution in [0.5, 0.6) is 0 Å². The first-order valence-electron chi connectivity index (χ1n) is 4.61. The number of allylic oxidation sites excluding steroid dienone is 2. The van der Waals surface area contributed by atoms with Gasteiger partial charge in [-0.25, -0.2) is 4.39 Å². The number of nitriles is 2. The molecule has 1 atom stereocenters. The topological polar surface area (TPSA) is 64.7 Å². The number of nitrogens with zero attached hydrogens (tertiary/aromatic N) is 2. The lowest BCUT2D eigenvalue weighted by molar-refractivity contribution is -0.126. The number of rotatable bonds is 0. The van der Waals surface area contributed by atoms with Crippen LogP contribution in [-0.2, 0) is 4.79 Å². The molecular formula is C11H11FN2O. The van der Waals surface area contributed by atoms with Crippen LogP contribution in [0.25, 0.3) is 0 Å². The zero-order chi connectivity index (χ0) is 11.6. The minimum absolute atomic E-state index is 0.0428. The van der Waals surface area contributed by atoms with Gasteiger partial charge >= 0.3 is 0 Å². The maximum absolute atomic E-state index is 13.5. The van der Waals surface area contributed by atoms with Gasteiger partial charge in [0.25, 0.3) is 0 Å². The molecule has 4 heteroatoms. The Labute approximate surface area is 87.8 Å². The van der Waals surface area contributed by atoms with Gasteiger partial charge in [-0.2, -0.15) is 10.5 Å². The lowest BCUT2D eigenvalue weighted by Crippen LogP contribution is -2.33. The smallest absolute Gasteiger partial charge is 0.181 e. The second-order valence-corrected chi connectivity index (χ2v) is 4.47. The van der Waals surface area contributed by atoms with Crippen molar-refractivity contribution in [3.8, 4) is 12.1 Å². The van der Waals surface area contributed by atoms with Gasteiger partial charge in [-0.3, -0.25) is 4.79 Å². The summed E-state index contributed by atoms with van der Waals surface area (Å²) in [6, 6.07) is 3.27. The summed E-state index contributed by atoms with van der Waals surface area (Å²) in [5.41, 5.74) is -0.585. The predicted octanol–water partition coefficient (Wildman–Crippen LogP) is 2.06. The first kappa shape index (κ1) is 11.4. The maximum atomic E-state index is 13.5. The first-order valence-corrected chi connectivity index (χ1v) is 4.61. The van der Waals surface area contributed by atoms with Crippen LogP contribution in [0.1, 0.15) is 26.7 Å². The normalized spacial score (nSPS) is 24.2. The Morgan fingerprint density at radius 3 is 2.40 bits per heavy atom. The van der Waals surface area contributed by atoms with Gasteiger partial charge in [0.1, 0.15) is 17.7 Å². The van der Waals surface area contributed by atoms with E-state index in [-0.39, 0.29) is 29.4 Å². The third-order valence-corrected chi connectivity index (χ3v) is 2.46. The molecular weight excluding hydrogens is 195 g/mol. The third kappa shape index (κ3) is 2.22. The SMILES string of the molecule is CC1(C)CC(=O)C(F)C(=C(C#N)C#N)C1. The van der Waals surface area contributed by atoms with Crippen molar-refractivity contribution in [3.05, 3.63) is 11.1 Å². The van der Waals surface area contributed by atoms with Crippen molar-refractivity contribution < 1.29 is 9.18 Å². The van der Waals surface area contributed by atoms with Crippen molar-refractivity contribution in [2.75, 3.05) is 0 Å². The van der Waals surface area contributed by atoms with Crippen LogP contribution >= 0.6 is 0 Å². The van der Waals surface area contributed by atoms with E-state index in [1.807, 2.05) is 13.8 Å². The maximum Gasteiger partial charge on any atom is 0.181 e. The molecule has 1 rings (SSSR count). The highest BCUT2D eigenvalue weighted by atomic mass is 19.1. The molecule has 1 aliphatic carbocycles. The van der Waals surface area contributed by atoms with E-state index in [1.165, 1.54) is 0 Å². The summed E-state index contributed by atoms with van der Waals surface area (Å²) in [5.74, 6) is -0.538. The Hall–Kier alpha value is -1.68. The van der Waals surface area contributed by atoms with Gasteiger partial charge < -0.3 is 0 Å². The van der Waals surface area contributed by atoms with E-state index < -0.39 is 12.0 Å². The van der Waals surface area contributed by atoms with Gasteiger partial charge in [-0.1, -0.05) is 13.8 Å². The fourth-order valence-corrected chi connectivity index (χ4v) is 1.81. The van der Waals surface area contributed by atoms with Crippen molar-refractivity contribution >= 4 is 5.78 Å². The highest BCUT2D eigenvalue weighted by Crippen LogP contribution is 2.38. The summed E-state index contributed by atoms with van der Waals surface area (Å²) in [6.45, 7) is 3.65. The fraction of sp³-hybridized carbons (Fsp3) is 0.545. The second kappa shape index (κ2) is 3.82. The number of carbonyl (C=O) groups excluding carboxylic acids is 1. The molecule has 0 amide bonds. The number of hydrogen-bond acceptors (Lipinski definition) is 3. The van der Waals surface area contributed by atoms with Crippen molar-refractivity contribution in [3.63, 3.8) is 0 Å². The van der Waals surface area contributed by atoms with Crippen LogP contribution in [0.4, 0.5) is 4.39 Å². The Kier molecular flexibility index (Phi) is 2.90. The van der Waals surface area contributed by atoms with Gasteiger partial charge in [-0.05, 0) is 11.8 Å². The van der Waals surface area contributed by atoms with E-state index >= 15 is 0 Å². The minimum Gasteiger partial charge on any atom is -0.296 e. The summed E-state index contributed by atoms with van der Waals surface area (Å²) in [7, 11) is 0. The van der Waals surface area contributed by atoms with E-state index in [2.05, 4.69) is 0 Å². The molecule has 3 nitrogen and oxygen atoms in total. The summed E-state index contributed by atoms with van der Waals surface area (Å²) in [6.07, 6.45) is -1.33. The molecule has 0 saturated heterocycles. The van der Waals surface area contributed by atoms with E-state index in [4.69, 9.17) is 10.5 Å². The molecule has 0 bridgehead atoms. The zero-order valence-corrected chi connectivity index (χ0v) is 8.67. The number of carbonyl (C=O) groups is 1. The standard InChI is InChI=1S/C11H11FN2O/c1-11(2)3-8(7(5-13)6-14)10(12)9(15)4-11/h10H,3-4H2,1-2H3. The summed E-state index contributed by atoms with van der Waals surface area (Å²) in [4.78, 5) is 11.3. The monoisotopic (exact) mass is 206 g/mol. The molecule has 0 heterocycles. The van der Waals surface area contributed by atoms with Crippen LogP contribution in [-0.4, -0.2) is 12.0 Å². The molecule has 0 N–H and O–H groups in total. The van der Waals surface area contributed by atoms with Crippen LogP contribution in [0.15, 0.2) is 11.1 Å². The number of Topliss-reactive ketones (excluding diaryl/α,β-unsaturated/α-hetero) is 1. The molecule has 1 aliphatic rings. The Balaban J connectivity index is 3.20. The molecule has 0 radical (unpaired) electrons. The summed E-state index contributed by atoms with van der Waals surface area (Å²) < 4.78 is 13.5. The number of ketones is 1. The molecule has 0 aromatic heterocycles. The molecule has 0 spiro atoms. The fourth-order valence-electron chi connectivity index (χ4n) is 1.81. The number of alkyl halides is 1. The van der Waals surface area contributed by atoms with Gasteiger partial charge in [0.15, 0.2) is 12.0 Å². The van der Waals surface area contributed by atoms with Crippen molar-refractivity contribution in [1.82, 2.24) is 0 Å². The number of hydrogen-bond donors (Lipinski definition) is 0. The van der Waals surface area contributed by atoms with Gasteiger partial charge in [-0.15, -0.1) is 0 Å². The first-order chi connectivity index (χ1) is 6.91. The van der Waals surface area contributed by atoms with Crippen LogP contribution in [0.3, 0.4) is 0 Å². The summed E-state index contributed by atoms with van der Waals surface area (Å²) in [5, 5.41) is 17.3. The van der Waals surface area contributed by atoms with Crippen LogP contribution in [0, 0.1) is 28.1 Å². The summed E-state index contributed by atoms with van der Waals surface area (Å²) >= 11 is 0. The van der Waals surface area contributed by atoms with Gasteiger partial charge in [0.2, 0.25) is 0 Å². The highest BCUT2D eigenvalue weighted by molar-refractivity contribution is 5.88. The molecule has 78 valence electrons. The molecule has 0 aliphatic heterocycles. The Morgan fingerprint density at radius 1 is 1.40 bits per heavy atom. The lowest BCUT2D eigenvalue weighted by Gasteiger charge is -2.32. The highest BCUT2D eigenvalue weighted by Gasteiger charge is 2.38. The lowest BCUT2D eigenvalue weighted by atomic mass is 9.72. The minimum atomic E-state index is -1.77. The average Bonchev–Trinajstić information content (AvgIpc) is 2.14. The Bertz CT molecular complexity index is 393. The van der Waals surface area contributed by atoms with Crippen LogP contribution < -0.4 is 0 Å². The molecule has 15 heavy (non-hydrogen) atoms. The van der Waals surface area contributed by atoms with Crippen LogP contribution in [0.2, 0.25) is 0 Å². The molecule has 1 unspecified atom stereocenters. The second-order valence-electron chi connectivity index (χ2n) is 4.47. The molecule has 0 aromatic carbocycles. The third-order valence-electron chi connectivity index (χ3n) is 2.46. The van der Waals surface area contributed by atoms with Crippen molar-refractivity contribution in [1.29, 1.82) is 10.5 Å². The quantitative estimate of drug-likeness (QED) is 0.570. The average molecular weight is 206 g/mol. The molecule has 0 aromatic rings. The van der Waals surface area contributed by atoms with E-state index in [0.717, 1.165) is 0 Å². The van der Waals surface area contributed by atoms with E-state index in [0.29, 0.717) is 0 Å². The predicted molar refractivity (Wildman–Crippen MR) is 51.2 cm³/mol. The van der Waals surface area contributed by atoms with Crippen molar-refractivity contribution in [2.45, 2.75) is 32.9 Å². The number of halogens is 1. The Morgan fingerprint density at radius 2 is 1.93 bits per heavy atom. The molecule has 1 saturated carbocycles. The van der Waals surface area contributed by atoms with Crippen molar-refractivity contribution in [2.24, 2.45) is 5.41 Å². The van der Waals surface area contributed by atoms with Gasteiger partial charge in [0, 0.05) is 12.0 Å². The zero-order valence-electron chi connectivity index (χ0n) is 8.67.